The molecule has 2 aromatic carbocycles. The average molecular weight is 269 g/mol. The van der Waals surface area contributed by atoms with Crippen molar-refractivity contribution in [1.82, 2.24) is 5.32 Å². The van der Waals surface area contributed by atoms with Crippen LogP contribution in [-0.2, 0) is 0 Å². The molecule has 0 aliphatic carbocycles. The van der Waals surface area contributed by atoms with Gasteiger partial charge >= 0.3 is 0 Å². The predicted octanol–water partition coefficient (Wildman–Crippen LogP) is 3.85. The third-order valence-electron chi connectivity index (χ3n) is 3.51. The number of aliphatic hydroxyl groups is 1. The van der Waals surface area contributed by atoms with Crippen molar-refractivity contribution in [2.75, 3.05) is 6.54 Å². The molecule has 0 aliphatic heterocycles. The maximum Gasteiger partial charge on any atom is 0.0984 e. The van der Waals surface area contributed by atoms with Crippen molar-refractivity contribution in [3.8, 4) is 0 Å². The summed E-state index contributed by atoms with van der Waals surface area (Å²) in [6.45, 7) is 3.09. The monoisotopic (exact) mass is 269 g/mol. The molecule has 2 nitrogen and oxygen atoms in total. The normalized spacial score (nSPS) is 13.9. The fourth-order valence-corrected chi connectivity index (χ4v) is 2.35. The fraction of sp³-hybridized carbons (Fsp3) is 0.333. The van der Waals surface area contributed by atoms with Crippen LogP contribution in [0.15, 0.2) is 60.7 Å². The quantitative estimate of drug-likeness (QED) is 0.748. The predicted molar refractivity (Wildman–Crippen MR) is 83.5 cm³/mol. The van der Waals surface area contributed by atoms with Crippen molar-refractivity contribution >= 4 is 0 Å². The Kier molecular flexibility index (Phi) is 5.78. The van der Waals surface area contributed by atoms with Gasteiger partial charge in [0.25, 0.3) is 0 Å². The highest BCUT2D eigenvalue weighted by molar-refractivity contribution is 5.26. The van der Waals surface area contributed by atoms with Crippen LogP contribution in [-0.4, -0.2) is 11.7 Å². The zero-order valence-electron chi connectivity index (χ0n) is 12.0. The summed E-state index contributed by atoms with van der Waals surface area (Å²) in [4.78, 5) is 0. The van der Waals surface area contributed by atoms with Crippen LogP contribution in [0, 0.1) is 0 Å². The first-order valence-corrected chi connectivity index (χ1v) is 7.34. The van der Waals surface area contributed by atoms with Gasteiger partial charge in [-0.25, -0.2) is 0 Å². The van der Waals surface area contributed by atoms with Gasteiger partial charge in [-0.3, -0.25) is 0 Å². The molecule has 0 amide bonds. The summed E-state index contributed by atoms with van der Waals surface area (Å²) in [5, 5.41) is 14.2. The molecule has 20 heavy (non-hydrogen) atoms. The second-order valence-corrected chi connectivity index (χ2v) is 5.05. The van der Waals surface area contributed by atoms with E-state index >= 15 is 0 Å². The van der Waals surface area contributed by atoms with Crippen LogP contribution in [0.3, 0.4) is 0 Å². The molecule has 0 aliphatic rings. The molecule has 0 spiro atoms. The number of rotatable bonds is 7. The molecule has 0 bridgehead atoms. The van der Waals surface area contributed by atoms with Gasteiger partial charge in [0.1, 0.15) is 0 Å². The molecule has 0 saturated carbocycles. The molecule has 0 unspecified atom stereocenters. The third kappa shape index (κ3) is 3.92. The SMILES string of the molecule is CCCCN[C@@H](c1ccccc1)[C@@H](O)c1ccccc1. The van der Waals surface area contributed by atoms with Crippen molar-refractivity contribution in [2.45, 2.75) is 31.9 Å². The maximum atomic E-state index is 10.7. The van der Waals surface area contributed by atoms with Crippen LogP contribution in [0.1, 0.15) is 43.0 Å². The van der Waals surface area contributed by atoms with E-state index < -0.39 is 6.10 Å². The molecular formula is C18H23NO. The van der Waals surface area contributed by atoms with Gasteiger partial charge in [0.05, 0.1) is 12.1 Å². The van der Waals surface area contributed by atoms with Gasteiger partial charge in [0.2, 0.25) is 0 Å². The molecule has 2 rings (SSSR count). The summed E-state index contributed by atoms with van der Waals surface area (Å²) < 4.78 is 0. The Bertz CT molecular complexity index is 483. The number of aliphatic hydroxyl groups excluding tert-OH is 1. The molecule has 2 atom stereocenters. The third-order valence-corrected chi connectivity index (χ3v) is 3.51. The van der Waals surface area contributed by atoms with Gasteiger partial charge < -0.3 is 10.4 Å². The lowest BCUT2D eigenvalue weighted by Crippen LogP contribution is -2.28. The van der Waals surface area contributed by atoms with E-state index in [1.807, 2.05) is 48.5 Å². The fourth-order valence-electron chi connectivity index (χ4n) is 2.35. The smallest absolute Gasteiger partial charge is 0.0984 e. The van der Waals surface area contributed by atoms with Crippen molar-refractivity contribution in [2.24, 2.45) is 0 Å². The first-order valence-electron chi connectivity index (χ1n) is 7.34. The first kappa shape index (κ1) is 14.8. The number of hydrogen-bond acceptors (Lipinski definition) is 2. The van der Waals surface area contributed by atoms with Crippen LogP contribution >= 0.6 is 0 Å². The van der Waals surface area contributed by atoms with Crippen molar-refractivity contribution in [1.29, 1.82) is 0 Å². The van der Waals surface area contributed by atoms with Gasteiger partial charge in [0, 0.05) is 0 Å². The van der Waals surface area contributed by atoms with E-state index in [1.54, 1.807) is 0 Å². The topological polar surface area (TPSA) is 32.3 Å². The minimum absolute atomic E-state index is 0.0647. The van der Waals surface area contributed by atoms with Gasteiger partial charge in [-0.05, 0) is 24.1 Å². The highest BCUT2D eigenvalue weighted by Crippen LogP contribution is 2.28. The van der Waals surface area contributed by atoms with E-state index in [0.717, 1.165) is 30.5 Å². The number of benzene rings is 2. The Labute approximate surface area is 121 Å². The molecule has 0 radical (unpaired) electrons. The Hall–Kier alpha value is -1.64. The molecule has 0 saturated heterocycles. The highest BCUT2D eigenvalue weighted by atomic mass is 16.3. The Morgan fingerprint density at radius 2 is 1.45 bits per heavy atom. The lowest BCUT2D eigenvalue weighted by atomic mass is 9.95. The van der Waals surface area contributed by atoms with Gasteiger partial charge in [-0.1, -0.05) is 74.0 Å². The summed E-state index contributed by atoms with van der Waals surface area (Å²) in [7, 11) is 0. The standard InChI is InChI=1S/C18H23NO/c1-2-3-14-19-17(15-10-6-4-7-11-15)18(20)16-12-8-5-9-13-16/h4-13,17-20H,2-3,14H2,1H3/t17-,18-/m0/s1. The highest BCUT2D eigenvalue weighted by Gasteiger charge is 2.21. The largest absolute Gasteiger partial charge is 0.386 e. The lowest BCUT2D eigenvalue weighted by Gasteiger charge is -2.25. The molecular weight excluding hydrogens is 246 g/mol. The molecule has 0 aromatic heterocycles. The molecule has 2 heteroatoms. The summed E-state index contributed by atoms with van der Waals surface area (Å²) in [6.07, 6.45) is 1.73. The van der Waals surface area contributed by atoms with Gasteiger partial charge in [0.15, 0.2) is 0 Å². The van der Waals surface area contributed by atoms with Crippen LogP contribution < -0.4 is 5.32 Å². The zero-order valence-corrected chi connectivity index (χ0v) is 12.0. The van der Waals surface area contributed by atoms with E-state index in [-0.39, 0.29) is 6.04 Å². The van der Waals surface area contributed by atoms with Crippen LogP contribution in [0.5, 0.6) is 0 Å². The van der Waals surface area contributed by atoms with Crippen molar-refractivity contribution in [3.05, 3.63) is 71.8 Å². The second kappa shape index (κ2) is 7.83. The molecule has 2 aromatic rings. The Balaban J connectivity index is 2.17. The van der Waals surface area contributed by atoms with Gasteiger partial charge in [-0.2, -0.15) is 0 Å². The molecule has 2 N–H and O–H groups in total. The zero-order chi connectivity index (χ0) is 14.2. The van der Waals surface area contributed by atoms with Crippen molar-refractivity contribution < 1.29 is 5.11 Å². The van der Waals surface area contributed by atoms with E-state index in [4.69, 9.17) is 0 Å². The lowest BCUT2D eigenvalue weighted by molar-refractivity contribution is 0.128. The minimum Gasteiger partial charge on any atom is -0.386 e. The molecule has 106 valence electrons. The van der Waals surface area contributed by atoms with E-state index in [0.29, 0.717) is 0 Å². The number of hydrogen-bond donors (Lipinski definition) is 2. The van der Waals surface area contributed by atoms with Crippen molar-refractivity contribution in [3.63, 3.8) is 0 Å². The summed E-state index contributed by atoms with van der Waals surface area (Å²) >= 11 is 0. The Morgan fingerprint density at radius 1 is 0.900 bits per heavy atom. The molecule has 0 heterocycles. The van der Waals surface area contributed by atoms with Crippen LogP contribution in [0.2, 0.25) is 0 Å². The summed E-state index contributed by atoms with van der Waals surface area (Å²) in [5.74, 6) is 0. The van der Waals surface area contributed by atoms with Crippen LogP contribution in [0.25, 0.3) is 0 Å². The van der Waals surface area contributed by atoms with E-state index in [9.17, 15) is 5.11 Å². The van der Waals surface area contributed by atoms with E-state index in [1.165, 1.54) is 0 Å². The average Bonchev–Trinajstić information content (AvgIpc) is 2.53. The number of unbranched alkanes of at least 4 members (excludes halogenated alkanes) is 1. The first-order chi connectivity index (χ1) is 9.83. The molecule has 0 fully saturated rings. The second-order valence-electron chi connectivity index (χ2n) is 5.05. The van der Waals surface area contributed by atoms with E-state index in [2.05, 4.69) is 24.4 Å². The van der Waals surface area contributed by atoms with Crippen LogP contribution in [0.4, 0.5) is 0 Å². The maximum absolute atomic E-state index is 10.7. The summed E-state index contributed by atoms with van der Waals surface area (Å²) in [6, 6.07) is 19.9. The minimum atomic E-state index is -0.532. The summed E-state index contributed by atoms with van der Waals surface area (Å²) in [5.41, 5.74) is 2.07. The Morgan fingerprint density at radius 3 is 2.00 bits per heavy atom. The van der Waals surface area contributed by atoms with Gasteiger partial charge in [-0.15, -0.1) is 0 Å². The number of nitrogens with one attached hydrogen (secondary N) is 1.